The van der Waals surface area contributed by atoms with Crippen molar-refractivity contribution in [1.29, 1.82) is 0 Å². The molecule has 37 heavy (non-hydrogen) atoms. The molecule has 0 aliphatic rings. The van der Waals surface area contributed by atoms with Gasteiger partial charge in [-0.15, -0.1) is 11.3 Å². The second kappa shape index (κ2) is 8.03. The van der Waals surface area contributed by atoms with Crippen LogP contribution in [0, 0.1) is 0 Å². The van der Waals surface area contributed by atoms with Crippen LogP contribution >= 0.6 is 11.3 Å². The highest BCUT2D eigenvalue weighted by atomic mass is 32.1. The van der Waals surface area contributed by atoms with E-state index in [1.165, 1.54) is 74.7 Å². The molecule has 172 valence electrons. The maximum absolute atomic E-state index is 2.39. The minimum absolute atomic E-state index is 1.25. The van der Waals surface area contributed by atoms with E-state index in [9.17, 15) is 0 Å². The first-order valence-electron chi connectivity index (χ1n) is 12.7. The molecule has 7 aromatic carbocycles. The summed E-state index contributed by atoms with van der Waals surface area (Å²) in [6.45, 7) is 0. The summed E-state index contributed by atoms with van der Waals surface area (Å²) in [4.78, 5) is 0. The molecule has 0 aliphatic heterocycles. The summed E-state index contributed by atoms with van der Waals surface area (Å²) in [5.41, 5.74) is 5.09. The van der Waals surface area contributed by atoms with Gasteiger partial charge in [0.05, 0.1) is 0 Å². The number of hydrogen-bond donors (Lipinski definition) is 0. The standard InChI is InChI=1S/C36H22S/c1-2-7-23(8-3-1)26-15-13-24-17-20-30-29(33(24)21-26)19-18-25-14-16-27(22-34(25)30)28-10-6-11-32-31-9-4-5-12-35(31)37-36(28)32/h1-22H. The Balaban J connectivity index is 1.37. The average molecular weight is 487 g/mol. The highest BCUT2D eigenvalue weighted by Crippen LogP contribution is 2.41. The summed E-state index contributed by atoms with van der Waals surface area (Å²) >= 11 is 1.89. The summed E-state index contributed by atoms with van der Waals surface area (Å²) < 4.78 is 2.71. The average Bonchev–Trinajstić information content (AvgIpc) is 3.36. The first kappa shape index (κ1) is 20.7. The molecule has 0 atom stereocenters. The molecule has 0 unspecified atom stereocenters. The van der Waals surface area contributed by atoms with Crippen molar-refractivity contribution in [2.24, 2.45) is 0 Å². The third kappa shape index (κ3) is 3.21. The Hall–Kier alpha value is -4.46. The molecule has 0 amide bonds. The number of fused-ring (bicyclic) bond motifs is 8. The fraction of sp³-hybridized carbons (Fsp3) is 0. The lowest BCUT2D eigenvalue weighted by atomic mass is 9.93. The van der Waals surface area contributed by atoms with Crippen LogP contribution in [0.3, 0.4) is 0 Å². The molecule has 0 N–H and O–H groups in total. The number of thiophene rings is 1. The van der Waals surface area contributed by atoms with Crippen LogP contribution in [0.2, 0.25) is 0 Å². The summed E-state index contributed by atoms with van der Waals surface area (Å²) in [5.74, 6) is 0. The zero-order chi connectivity index (χ0) is 24.3. The normalized spacial score (nSPS) is 11.8. The molecule has 0 fully saturated rings. The Morgan fingerprint density at radius 3 is 1.76 bits per heavy atom. The fourth-order valence-corrected chi connectivity index (χ4v) is 7.06. The Bertz CT molecular complexity index is 2130. The molecular formula is C36H22S. The van der Waals surface area contributed by atoms with Gasteiger partial charge in [0, 0.05) is 20.2 Å². The van der Waals surface area contributed by atoms with E-state index in [1.807, 2.05) is 11.3 Å². The molecule has 8 aromatic rings. The molecule has 0 saturated carbocycles. The van der Waals surface area contributed by atoms with E-state index in [0.29, 0.717) is 0 Å². The quantitative estimate of drug-likeness (QED) is 0.213. The smallest absolute Gasteiger partial charge is 0.0433 e. The van der Waals surface area contributed by atoms with E-state index in [0.717, 1.165) is 0 Å². The lowest BCUT2D eigenvalue weighted by Crippen LogP contribution is -1.84. The maximum Gasteiger partial charge on any atom is 0.0433 e. The van der Waals surface area contributed by atoms with E-state index in [2.05, 4.69) is 133 Å². The van der Waals surface area contributed by atoms with Gasteiger partial charge in [0.1, 0.15) is 0 Å². The molecule has 0 nitrogen and oxygen atoms in total. The molecular weight excluding hydrogens is 464 g/mol. The van der Waals surface area contributed by atoms with Crippen LogP contribution in [0.25, 0.3) is 74.7 Å². The molecule has 0 radical (unpaired) electrons. The predicted molar refractivity (Wildman–Crippen MR) is 163 cm³/mol. The molecule has 0 saturated heterocycles. The van der Waals surface area contributed by atoms with E-state index in [4.69, 9.17) is 0 Å². The van der Waals surface area contributed by atoms with Crippen molar-refractivity contribution in [3.63, 3.8) is 0 Å². The lowest BCUT2D eigenvalue weighted by Gasteiger charge is -2.11. The zero-order valence-electron chi connectivity index (χ0n) is 20.1. The molecule has 1 aromatic heterocycles. The van der Waals surface area contributed by atoms with Gasteiger partial charge in [-0.05, 0) is 72.8 Å². The van der Waals surface area contributed by atoms with Crippen molar-refractivity contribution < 1.29 is 0 Å². The molecule has 1 heteroatoms. The first-order valence-corrected chi connectivity index (χ1v) is 13.5. The van der Waals surface area contributed by atoms with Gasteiger partial charge in [0.25, 0.3) is 0 Å². The van der Waals surface area contributed by atoms with Gasteiger partial charge < -0.3 is 0 Å². The molecule has 0 spiro atoms. The molecule has 1 heterocycles. The van der Waals surface area contributed by atoms with Crippen molar-refractivity contribution in [2.45, 2.75) is 0 Å². The Morgan fingerprint density at radius 1 is 0.351 bits per heavy atom. The SMILES string of the molecule is c1ccc(-c2ccc3ccc4c5cc(-c6cccc7c6sc6ccccc67)ccc5ccc4c3c2)cc1. The van der Waals surface area contributed by atoms with Crippen molar-refractivity contribution in [1.82, 2.24) is 0 Å². The van der Waals surface area contributed by atoms with Crippen LogP contribution in [0.4, 0.5) is 0 Å². The summed E-state index contributed by atoms with van der Waals surface area (Å²) in [5, 5.41) is 10.5. The van der Waals surface area contributed by atoms with Crippen molar-refractivity contribution in [3.8, 4) is 22.3 Å². The van der Waals surface area contributed by atoms with E-state index < -0.39 is 0 Å². The third-order valence-corrected chi connectivity index (χ3v) is 8.88. The predicted octanol–water partition coefficient (Wildman–Crippen LogP) is 10.8. The van der Waals surface area contributed by atoms with Gasteiger partial charge in [0.2, 0.25) is 0 Å². The highest BCUT2D eigenvalue weighted by molar-refractivity contribution is 7.26. The fourth-order valence-electron chi connectivity index (χ4n) is 5.82. The van der Waals surface area contributed by atoms with Crippen molar-refractivity contribution in [3.05, 3.63) is 133 Å². The number of benzene rings is 7. The second-order valence-electron chi connectivity index (χ2n) is 9.74. The minimum atomic E-state index is 1.25. The van der Waals surface area contributed by atoms with E-state index >= 15 is 0 Å². The van der Waals surface area contributed by atoms with Crippen LogP contribution in [-0.4, -0.2) is 0 Å². The lowest BCUT2D eigenvalue weighted by molar-refractivity contribution is 1.65. The highest BCUT2D eigenvalue weighted by Gasteiger charge is 2.12. The van der Waals surface area contributed by atoms with Crippen molar-refractivity contribution >= 4 is 63.8 Å². The van der Waals surface area contributed by atoms with Crippen molar-refractivity contribution in [2.75, 3.05) is 0 Å². The van der Waals surface area contributed by atoms with Crippen LogP contribution in [0.15, 0.2) is 133 Å². The van der Waals surface area contributed by atoms with Gasteiger partial charge in [-0.3, -0.25) is 0 Å². The largest absolute Gasteiger partial charge is 0.135 e. The summed E-state index contributed by atoms with van der Waals surface area (Å²) in [7, 11) is 0. The van der Waals surface area contributed by atoms with Gasteiger partial charge in [0.15, 0.2) is 0 Å². The maximum atomic E-state index is 2.39. The summed E-state index contributed by atoms with van der Waals surface area (Å²) in [6.07, 6.45) is 0. The van der Waals surface area contributed by atoms with Gasteiger partial charge in [-0.2, -0.15) is 0 Å². The first-order chi connectivity index (χ1) is 18.3. The van der Waals surface area contributed by atoms with Crippen LogP contribution < -0.4 is 0 Å². The molecule has 0 bridgehead atoms. The number of rotatable bonds is 2. The summed E-state index contributed by atoms with van der Waals surface area (Å²) in [6, 6.07) is 49.0. The third-order valence-electron chi connectivity index (χ3n) is 7.66. The zero-order valence-corrected chi connectivity index (χ0v) is 20.9. The molecule has 8 rings (SSSR count). The van der Waals surface area contributed by atoms with Gasteiger partial charge >= 0.3 is 0 Å². The minimum Gasteiger partial charge on any atom is -0.135 e. The van der Waals surface area contributed by atoms with Crippen LogP contribution in [0.1, 0.15) is 0 Å². The van der Waals surface area contributed by atoms with Crippen LogP contribution in [-0.2, 0) is 0 Å². The Labute approximate surface area is 219 Å². The van der Waals surface area contributed by atoms with Crippen LogP contribution in [0.5, 0.6) is 0 Å². The Kier molecular flexibility index (Phi) is 4.49. The molecule has 0 aliphatic carbocycles. The monoisotopic (exact) mass is 486 g/mol. The van der Waals surface area contributed by atoms with E-state index in [-0.39, 0.29) is 0 Å². The topological polar surface area (TPSA) is 0 Å². The second-order valence-corrected chi connectivity index (χ2v) is 10.8. The number of hydrogen-bond acceptors (Lipinski definition) is 1. The van der Waals surface area contributed by atoms with E-state index in [1.54, 1.807) is 0 Å². The van der Waals surface area contributed by atoms with Gasteiger partial charge in [-0.1, -0.05) is 115 Å². The van der Waals surface area contributed by atoms with Gasteiger partial charge in [-0.25, -0.2) is 0 Å². The Morgan fingerprint density at radius 2 is 0.973 bits per heavy atom.